The van der Waals surface area contributed by atoms with Crippen molar-refractivity contribution >= 4 is 0 Å². The zero-order valence-corrected chi connectivity index (χ0v) is 8.14. The first-order chi connectivity index (χ1) is 6.59. The Hall–Kier alpha value is -1.85. The van der Waals surface area contributed by atoms with Gasteiger partial charge in [-0.25, -0.2) is 9.78 Å². The molecule has 0 bridgehead atoms. The molecule has 2 aliphatic heterocycles. The zero-order chi connectivity index (χ0) is 10.3. The molecule has 0 unspecified atom stereocenters. The van der Waals surface area contributed by atoms with Gasteiger partial charge in [0, 0.05) is 12.7 Å². The fourth-order valence-electron chi connectivity index (χ4n) is 1.25. The third kappa shape index (κ3) is 1.15. The summed E-state index contributed by atoms with van der Waals surface area (Å²) in [5.41, 5.74) is 0.864. The second kappa shape index (κ2) is 2.83. The van der Waals surface area contributed by atoms with E-state index in [1.54, 1.807) is 0 Å². The summed E-state index contributed by atoms with van der Waals surface area (Å²) in [4.78, 5) is 18.7. The van der Waals surface area contributed by atoms with Crippen LogP contribution < -0.4 is 5.69 Å². The first kappa shape index (κ1) is 8.74. The van der Waals surface area contributed by atoms with Gasteiger partial charge in [-0.3, -0.25) is 0 Å². The minimum absolute atomic E-state index is 0.359. The maximum atomic E-state index is 10.9. The number of aromatic nitrogens is 5. The topological polar surface area (TPSA) is 73.6 Å². The van der Waals surface area contributed by atoms with E-state index in [1.807, 2.05) is 25.5 Å². The Bertz CT molecular complexity index is 518. The molecule has 0 saturated carbocycles. The van der Waals surface area contributed by atoms with E-state index in [4.69, 9.17) is 0 Å². The van der Waals surface area contributed by atoms with Crippen molar-refractivity contribution in [3.05, 3.63) is 22.0 Å². The van der Waals surface area contributed by atoms with E-state index in [2.05, 4.69) is 20.2 Å². The number of hydrogen-bond acceptors (Lipinski definition) is 5. The quantitative estimate of drug-likeness (QED) is 0.571. The molecule has 0 saturated heterocycles. The van der Waals surface area contributed by atoms with Crippen molar-refractivity contribution in [1.29, 1.82) is 0 Å². The van der Waals surface area contributed by atoms with Gasteiger partial charge < -0.3 is 4.57 Å². The van der Waals surface area contributed by atoms with Crippen LogP contribution in [0.2, 0.25) is 0 Å². The fourth-order valence-corrected chi connectivity index (χ4v) is 1.25. The highest BCUT2D eigenvalue weighted by Gasteiger charge is 2.14. The molecule has 0 aliphatic carbocycles. The Labute approximate surface area is 80.0 Å². The van der Waals surface area contributed by atoms with Crippen LogP contribution in [-0.4, -0.2) is 24.7 Å². The summed E-state index contributed by atoms with van der Waals surface area (Å²) in [6, 6.07) is 0. The maximum absolute atomic E-state index is 10.9. The molecule has 0 N–H and O–H groups in total. The largest absolute Gasteiger partial charge is 0.387 e. The van der Waals surface area contributed by atoms with Gasteiger partial charge in [0.2, 0.25) is 0 Å². The second-order valence-electron chi connectivity index (χ2n) is 3.07. The normalized spacial score (nSPS) is 10.8. The van der Waals surface area contributed by atoms with Crippen molar-refractivity contribution in [2.24, 2.45) is 7.05 Å². The van der Waals surface area contributed by atoms with Crippen LogP contribution in [0.5, 0.6) is 0 Å². The minimum Gasteiger partial charge on any atom is -0.335 e. The van der Waals surface area contributed by atoms with Crippen LogP contribution in [0.4, 0.5) is 0 Å². The Morgan fingerprint density at radius 2 is 1.86 bits per heavy atom. The molecule has 0 fully saturated rings. The van der Waals surface area contributed by atoms with Crippen molar-refractivity contribution in [3.8, 4) is 11.5 Å². The van der Waals surface area contributed by atoms with Gasteiger partial charge in [0.05, 0.1) is 0 Å². The van der Waals surface area contributed by atoms with Crippen LogP contribution in [0.1, 0.15) is 11.5 Å². The predicted molar refractivity (Wildman–Crippen MR) is 49.0 cm³/mol. The molecule has 2 rings (SSSR count). The lowest BCUT2D eigenvalue weighted by Gasteiger charge is -2.12. The zero-order valence-electron chi connectivity index (χ0n) is 8.14. The lowest BCUT2D eigenvalue weighted by molar-refractivity contribution is 0.746. The Morgan fingerprint density at radius 1 is 1.14 bits per heavy atom. The highest BCUT2D eigenvalue weighted by molar-refractivity contribution is 5.52. The molecule has 6 nitrogen and oxygen atoms in total. The average molecular weight is 191 g/mol. The number of nitrogens with zero attached hydrogens (tertiary/aromatic N) is 5. The van der Waals surface area contributed by atoms with Crippen molar-refractivity contribution in [2.75, 3.05) is 0 Å². The number of hydrogen-bond donors (Lipinski definition) is 0. The number of rotatable bonds is 0. The molecule has 0 aromatic carbocycles. The monoisotopic (exact) mass is 191 g/mol. The van der Waals surface area contributed by atoms with Crippen molar-refractivity contribution in [3.63, 3.8) is 0 Å². The van der Waals surface area contributed by atoms with E-state index in [1.165, 1.54) is 0 Å². The lowest BCUT2D eigenvalue weighted by Crippen LogP contribution is -2.19. The van der Waals surface area contributed by atoms with E-state index in [0.717, 1.165) is 11.5 Å². The van der Waals surface area contributed by atoms with Crippen LogP contribution in [0.15, 0.2) is 4.79 Å². The van der Waals surface area contributed by atoms with E-state index in [9.17, 15) is 4.79 Å². The molecule has 0 amide bonds. The van der Waals surface area contributed by atoms with Gasteiger partial charge in [0.1, 0.15) is 11.5 Å². The van der Waals surface area contributed by atoms with Gasteiger partial charge in [-0.1, -0.05) is 5.10 Å². The predicted octanol–water partition coefficient (Wildman–Crippen LogP) is -0.313. The highest BCUT2D eigenvalue weighted by Crippen LogP contribution is 2.16. The third-order valence-electron chi connectivity index (χ3n) is 2.25. The van der Waals surface area contributed by atoms with Gasteiger partial charge in [-0.05, 0) is 13.8 Å². The summed E-state index contributed by atoms with van der Waals surface area (Å²) in [6.45, 7) is 3.73. The van der Waals surface area contributed by atoms with E-state index in [0.29, 0.717) is 11.5 Å². The summed E-state index contributed by atoms with van der Waals surface area (Å²) in [6.07, 6.45) is 0. The van der Waals surface area contributed by atoms with Crippen LogP contribution in [0.25, 0.3) is 11.5 Å². The standard InChI is InChI=1S/C8H9N5O/c1-4-6-7(9-5(2)13(4)3)10-8(14)12-11-6/h1-3H3. The summed E-state index contributed by atoms with van der Waals surface area (Å²) in [5.74, 6) is 1.15. The fraction of sp³-hybridized carbons (Fsp3) is 0.375. The molecular formula is C8H9N5O. The number of fused-ring (bicyclic) bond motifs is 1. The first-order valence-electron chi connectivity index (χ1n) is 4.14. The summed E-state index contributed by atoms with van der Waals surface area (Å²) < 4.78 is 1.88. The summed E-state index contributed by atoms with van der Waals surface area (Å²) in [7, 11) is 1.88. The summed E-state index contributed by atoms with van der Waals surface area (Å²) >= 11 is 0. The average Bonchev–Trinajstić information content (AvgIpc) is 2.14. The molecular weight excluding hydrogens is 182 g/mol. The molecule has 14 heavy (non-hydrogen) atoms. The van der Waals surface area contributed by atoms with Crippen LogP contribution in [0, 0.1) is 13.8 Å². The van der Waals surface area contributed by atoms with Crippen molar-refractivity contribution < 1.29 is 0 Å². The molecule has 0 atom stereocenters. The SMILES string of the molecule is Cc1nc2nc(=O)nnc-2c(C)n1C. The first-order valence-corrected chi connectivity index (χ1v) is 4.14. The molecule has 0 aromatic heterocycles. The molecule has 2 heterocycles. The van der Waals surface area contributed by atoms with Crippen LogP contribution in [-0.2, 0) is 7.05 Å². The van der Waals surface area contributed by atoms with E-state index in [-0.39, 0.29) is 0 Å². The van der Waals surface area contributed by atoms with Crippen LogP contribution in [0.3, 0.4) is 0 Å². The van der Waals surface area contributed by atoms with Gasteiger partial charge in [0.25, 0.3) is 0 Å². The molecule has 2 aliphatic rings. The van der Waals surface area contributed by atoms with Crippen molar-refractivity contribution in [1.82, 2.24) is 24.7 Å². The van der Waals surface area contributed by atoms with Gasteiger partial charge in [-0.15, -0.1) is 5.10 Å². The van der Waals surface area contributed by atoms with Gasteiger partial charge in [0.15, 0.2) is 5.82 Å². The smallest absolute Gasteiger partial charge is 0.335 e. The summed E-state index contributed by atoms with van der Waals surface area (Å²) in [5, 5.41) is 7.14. The van der Waals surface area contributed by atoms with Gasteiger partial charge >= 0.3 is 5.69 Å². The Kier molecular flexibility index (Phi) is 1.77. The Balaban J connectivity index is 2.91. The maximum Gasteiger partial charge on any atom is 0.387 e. The minimum atomic E-state index is -0.599. The molecule has 0 radical (unpaired) electrons. The van der Waals surface area contributed by atoms with Crippen molar-refractivity contribution in [2.45, 2.75) is 13.8 Å². The van der Waals surface area contributed by atoms with Crippen LogP contribution >= 0.6 is 0 Å². The molecule has 0 aromatic rings. The highest BCUT2D eigenvalue weighted by atomic mass is 16.1. The van der Waals surface area contributed by atoms with Gasteiger partial charge in [-0.2, -0.15) is 4.98 Å². The number of aryl methyl sites for hydroxylation is 1. The lowest BCUT2D eigenvalue weighted by atomic mass is 10.3. The van der Waals surface area contributed by atoms with E-state index >= 15 is 0 Å². The second-order valence-corrected chi connectivity index (χ2v) is 3.07. The Morgan fingerprint density at radius 3 is 2.57 bits per heavy atom. The molecule has 6 heteroatoms. The third-order valence-corrected chi connectivity index (χ3v) is 2.25. The van der Waals surface area contributed by atoms with E-state index < -0.39 is 5.69 Å². The molecule has 72 valence electrons. The molecule has 0 spiro atoms.